The fraction of sp³-hybridized carbons (Fsp3) is 0.188. The number of rotatable bonds is 5. The van der Waals surface area contributed by atoms with E-state index in [2.05, 4.69) is 15.9 Å². The number of nitrogens with zero attached hydrogens (tertiary/aromatic N) is 1. The van der Waals surface area contributed by atoms with Crippen LogP contribution in [0.3, 0.4) is 0 Å². The van der Waals surface area contributed by atoms with Gasteiger partial charge >= 0.3 is 5.97 Å². The molecule has 0 saturated heterocycles. The second-order valence-electron chi connectivity index (χ2n) is 4.88. The maximum absolute atomic E-state index is 13.8. The fourth-order valence-electron chi connectivity index (χ4n) is 2.09. The van der Waals surface area contributed by atoms with Crippen molar-refractivity contribution >= 4 is 21.9 Å². The van der Waals surface area contributed by atoms with Gasteiger partial charge in [0.05, 0.1) is 5.56 Å². The zero-order chi connectivity index (χ0) is 15.4. The van der Waals surface area contributed by atoms with Crippen LogP contribution >= 0.6 is 15.9 Å². The van der Waals surface area contributed by atoms with Gasteiger partial charge in [0.1, 0.15) is 5.82 Å². The summed E-state index contributed by atoms with van der Waals surface area (Å²) in [5.41, 5.74) is 1.57. The topological polar surface area (TPSA) is 40.5 Å². The minimum absolute atomic E-state index is 0.0979. The van der Waals surface area contributed by atoms with Gasteiger partial charge in [-0.05, 0) is 36.9 Å². The van der Waals surface area contributed by atoms with E-state index in [0.29, 0.717) is 18.7 Å². The molecule has 3 nitrogen and oxygen atoms in total. The summed E-state index contributed by atoms with van der Waals surface area (Å²) in [4.78, 5) is 12.9. The van der Waals surface area contributed by atoms with E-state index in [1.807, 2.05) is 36.2 Å². The van der Waals surface area contributed by atoms with E-state index >= 15 is 0 Å². The van der Waals surface area contributed by atoms with Gasteiger partial charge in [-0.25, -0.2) is 9.18 Å². The predicted octanol–water partition coefficient (Wildman–Crippen LogP) is 3.92. The third-order valence-electron chi connectivity index (χ3n) is 3.13. The predicted molar refractivity (Wildman–Crippen MR) is 82.7 cm³/mol. The number of benzene rings is 2. The number of carbonyl (C=O) groups is 1. The SMILES string of the molecule is CN(Cc1cc(C(=O)O)ccc1F)Cc1ccccc1Br. The standard InChI is InChI=1S/C16H15BrFNO2/c1-19(9-12-4-2-3-5-14(12)17)10-13-8-11(16(20)21)6-7-15(13)18/h2-8H,9-10H2,1H3,(H,20,21). The van der Waals surface area contributed by atoms with Gasteiger partial charge in [-0.3, -0.25) is 4.90 Å². The smallest absolute Gasteiger partial charge is 0.335 e. The van der Waals surface area contributed by atoms with Crippen LogP contribution in [0.1, 0.15) is 21.5 Å². The number of aromatic carboxylic acids is 1. The minimum atomic E-state index is -1.05. The van der Waals surface area contributed by atoms with Crippen molar-refractivity contribution in [2.75, 3.05) is 7.05 Å². The molecule has 0 fully saturated rings. The lowest BCUT2D eigenvalue weighted by atomic mass is 10.1. The summed E-state index contributed by atoms with van der Waals surface area (Å²) in [6.07, 6.45) is 0. The molecule has 2 aromatic carbocycles. The Labute approximate surface area is 131 Å². The Morgan fingerprint density at radius 2 is 1.86 bits per heavy atom. The Balaban J connectivity index is 2.12. The van der Waals surface area contributed by atoms with Gasteiger partial charge in [-0.15, -0.1) is 0 Å². The lowest BCUT2D eigenvalue weighted by molar-refractivity contribution is 0.0696. The van der Waals surface area contributed by atoms with Crippen molar-refractivity contribution in [3.05, 3.63) is 69.4 Å². The maximum atomic E-state index is 13.8. The van der Waals surface area contributed by atoms with Gasteiger partial charge in [-0.2, -0.15) is 0 Å². The van der Waals surface area contributed by atoms with Crippen molar-refractivity contribution in [1.82, 2.24) is 4.90 Å². The monoisotopic (exact) mass is 351 g/mol. The summed E-state index contributed by atoms with van der Waals surface area (Å²) in [7, 11) is 1.87. The highest BCUT2D eigenvalue weighted by molar-refractivity contribution is 9.10. The molecule has 2 rings (SSSR count). The van der Waals surface area contributed by atoms with Crippen molar-refractivity contribution in [3.63, 3.8) is 0 Å². The second kappa shape index (κ2) is 6.83. The first kappa shape index (κ1) is 15.7. The molecular formula is C16H15BrFNO2. The van der Waals surface area contributed by atoms with Gasteiger partial charge in [-0.1, -0.05) is 34.1 Å². The van der Waals surface area contributed by atoms with E-state index in [4.69, 9.17) is 5.11 Å². The van der Waals surface area contributed by atoms with Crippen LogP contribution in [0.4, 0.5) is 4.39 Å². The van der Waals surface area contributed by atoms with Crippen LogP contribution in [0.2, 0.25) is 0 Å². The molecule has 2 aromatic rings. The van der Waals surface area contributed by atoms with Gasteiger partial charge in [0.25, 0.3) is 0 Å². The third-order valence-corrected chi connectivity index (χ3v) is 3.90. The molecule has 0 atom stereocenters. The average Bonchev–Trinajstić information content (AvgIpc) is 2.43. The van der Waals surface area contributed by atoms with Crippen LogP contribution in [0, 0.1) is 5.82 Å². The summed E-state index contributed by atoms with van der Waals surface area (Å²) in [6, 6.07) is 11.7. The van der Waals surface area contributed by atoms with E-state index in [1.54, 1.807) is 0 Å². The van der Waals surface area contributed by atoms with Crippen LogP contribution in [0.25, 0.3) is 0 Å². The number of carboxylic acid groups (broad SMARTS) is 1. The quantitative estimate of drug-likeness (QED) is 0.887. The summed E-state index contributed by atoms with van der Waals surface area (Å²) in [5.74, 6) is -1.44. The van der Waals surface area contributed by atoms with Gasteiger partial charge in [0.15, 0.2) is 0 Å². The van der Waals surface area contributed by atoms with Crippen molar-refractivity contribution in [1.29, 1.82) is 0 Å². The summed E-state index contributed by atoms with van der Waals surface area (Å²) in [5, 5.41) is 8.96. The lowest BCUT2D eigenvalue weighted by Gasteiger charge is -2.18. The highest BCUT2D eigenvalue weighted by atomic mass is 79.9. The molecule has 21 heavy (non-hydrogen) atoms. The first-order valence-corrected chi connectivity index (χ1v) is 7.20. The Bertz CT molecular complexity index is 660. The van der Waals surface area contributed by atoms with Crippen LogP contribution in [0.5, 0.6) is 0 Å². The first-order valence-electron chi connectivity index (χ1n) is 6.41. The Hall–Kier alpha value is -1.72. The Morgan fingerprint density at radius 3 is 2.52 bits per heavy atom. The second-order valence-corrected chi connectivity index (χ2v) is 5.73. The van der Waals surface area contributed by atoms with E-state index in [1.165, 1.54) is 18.2 Å². The third kappa shape index (κ3) is 4.12. The van der Waals surface area contributed by atoms with E-state index in [9.17, 15) is 9.18 Å². The molecule has 110 valence electrons. The molecule has 0 unspecified atom stereocenters. The van der Waals surface area contributed by atoms with Gasteiger partial charge in [0.2, 0.25) is 0 Å². The molecule has 0 bridgehead atoms. The van der Waals surface area contributed by atoms with Gasteiger partial charge in [0, 0.05) is 23.1 Å². The van der Waals surface area contributed by atoms with Crippen LogP contribution in [0.15, 0.2) is 46.9 Å². The zero-order valence-electron chi connectivity index (χ0n) is 11.5. The van der Waals surface area contributed by atoms with Crippen LogP contribution in [-0.2, 0) is 13.1 Å². The molecule has 0 spiro atoms. The zero-order valence-corrected chi connectivity index (χ0v) is 13.1. The first-order chi connectivity index (χ1) is 9.97. The highest BCUT2D eigenvalue weighted by Crippen LogP contribution is 2.19. The number of hydrogen-bond acceptors (Lipinski definition) is 2. The van der Waals surface area contributed by atoms with Gasteiger partial charge < -0.3 is 5.11 Å². The summed E-state index contributed by atoms with van der Waals surface area (Å²) in [6.45, 7) is 0.979. The molecule has 0 radical (unpaired) electrons. The molecule has 0 amide bonds. The molecule has 1 N–H and O–H groups in total. The highest BCUT2D eigenvalue weighted by Gasteiger charge is 2.11. The molecule has 0 aliphatic rings. The van der Waals surface area contributed by atoms with E-state index < -0.39 is 5.97 Å². The molecule has 0 aliphatic heterocycles. The van der Waals surface area contributed by atoms with Crippen molar-refractivity contribution < 1.29 is 14.3 Å². The fourth-order valence-corrected chi connectivity index (χ4v) is 2.50. The normalized spacial score (nSPS) is 10.9. The average molecular weight is 352 g/mol. The number of halogens is 2. The lowest BCUT2D eigenvalue weighted by Crippen LogP contribution is -2.18. The molecule has 0 aromatic heterocycles. The van der Waals surface area contributed by atoms with E-state index in [0.717, 1.165) is 10.0 Å². The molecule has 0 heterocycles. The summed E-state index contributed by atoms with van der Waals surface area (Å²) < 4.78 is 14.8. The number of hydrogen-bond donors (Lipinski definition) is 1. The van der Waals surface area contributed by atoms with Crippen LogP contribution in [-0.4, -0.2) is 23.0 Å². The van der Waals surface area contributed by atoms with Crippen molar-refractivity contribution in [2.45, 2.75) is 13.1 Å². The van der Waals surface area contributed by atoms with E-state index in [-0.39, 0.29) is 11.4 Å². The number of carboxylic acids is 1. The van der Waals surface area contributed by atoms with Crippen molar-refractivity contribution in [3.8, 4) is 0 Å². The van der Waals surface area contributed by atoms with Crippen LogP contribution < -0.4 is 0 Å². The molecule has 0 aliphatic carbocycles. The minimum Gasteiger partial charge on any atom is -0.478 e. The maximum Gasteiger partial charge on any atom is 0.335 e. The molecule has 0 saturated carbocycles. The van der Waals surface area contributed by atoms with Crippen molar-refractivity contribution in [2.24, 2.45) is 0 Å². The Morgan fingerprint density at radius 1 is 1.19 bits per heavy atom. The largest absolute Gasteiger partial charge is 0.478 e. The summed E-state index contributed by atoms with van der Waals surface area (Å²) >= 11 is 3.48. The molecular weight excluding hydrogens is 337 g/mol. The molecule has 5 heteroatoms. The Kier molecular flexibility index (Phi) is 5.09.